The van der Waals surface area contributed by atoms with E-state index < -0.39 is 0 Å². The number of halogens is 1. The third-order valence-electron chi connectivity index (χ3n) is 7.38. The number of nitrogens with zero attached hydrogens (tertiary/aromatic N) is 6. The van der Waals surface area contributed by atoms with E-state index in [-0.39, 0.29) is 17.6 Å². The highest BCUT2D eigenvalue weighted by molar-refractivity contribution is 5.91. The molecule has 204 valence electrons. The molecular weight excluding hydrogens is 495 g/mol. The van der Waals surface area contributed by atoms with E-state index in [4.69, 9.17) is 19.8 Å². The van der Waals surface area contributed by atoms with Crippen LogP contribution in [0.5, 0.6) is 5.75 Å². The monoisotopic (exact) mass is 530 g/mol. The maximum Gasteiger partial charge on any atom is 0.227 e. The standard InChI is InChI=1S/C30H35FN6O2/c1-5-6-20(2)28-32-29(27-21(3)34-37(30(27)33-28)24-11-9-23(31)10-12-24)36-17-15-35(16-18-36)26(38)19-22-7-13-25(39-4)14-8-22/h7-14,20H,5-6,15-19H2,1-4H3/t20-/m1/s1. The van der Waals surface area contributed by atoms with Crippen LogP contribution in [0.3, 0.4) is 0 Å². The molecule has 1 atom stereocenters. The van der Waals surface area contributed by atoms with Gasteiger partial charge >= 0.3 is 0 Å². The molecule has 8 nitrogen and oxygen atoms in total. The van der Waals surface area contributed by atoms with Crippen molar-refractivity contribution in [2.45, 2.75) is 46.0 Å². The van der Waals surface area contributed by atoms with E-state index in [1.807, 2.05) is 36.1 Å². The molecule has 1 fully saturated rings. The van der Waals surface area contributed by atoms with Crippen molar-refractivity contribution in [1.82, 2.24) is 24.6 Å². The highest BCUT2D eigenvalue weighted by Gasteiger charge is 2.27. The molecule has 0 unspecified atom stereocenters. The van der Waals surface area contributed by atoms with Crippen molar-refractivity contribution in [1.29, 1.82) is 0 Å². The van der Waals surface area contributed by atoms with Crippen LogP contribution in [0.25, 0.3) is 16.7 Å². The number of piperazine rings is 1. The van der Waals surface area contributed by atoms with Gasteiger partial charge in [-0.3, -0.25) is 4.79 Å². The van der Waals surface area contributed by atoms with E-state index in [0.29, 0.717) is 32.6 Å². The Morgan fingerprint density at radius 1 is 1.03 bits per heavy atom. The fraction of sp³-hybridized carbons (Fsp3) is 0.400. The Morgan fingerprint density at radius 2 is 1.72 bits per heavy atom. The van der Waals surface area contributed by atoms with E-state index >= 15 is 0 Å². The van der Waals surface area contributed by atoms with Crippen molar-refractivity contribution >= 4 is 22.8 Å². The van der Waals surface area contributed by atoms with Gasteiger partial charge in [-0.05, 0) is 55.3 Å². The van der Waals surface area contributed by atoms with Gasteiger partial charge in [0, 0.05) is 32.1 Å². The molecule has 0 bridgehead atoms. The van der Waals surface area contributed by atoms with Crippen molar-refractivity contribution in [3.63, 3.8) is 0 Å². The van der Waals surface area contributed by atoms with Crippen molar-refractivity contribution < 1.29 is 13.9 Å². The van der Waals surface area contributed by atoms with Gasteiger partial charge in [-0.15, -0.1) is 0 Å². The molecule has 0 saturated carbocycles. The predicted molar refractivity (Wildman–Crippen MR) is 150 cm³/mol. The Bertz CT molecular complexity index is 1440. The second-order valence-electron chi connectivity index (χ2n) is 10.2. The highest BCUT2D eigenvalue weighted by Crippen LogP contribution is 2.32. The molecule has 0 N–H and O–H groups in total. The molecule has 4 aromatic rings. The maximum atomic E-state index is 13.6. The molecule has 1 amide bonds. The number of rotatable bonds is 8. The fourth-order valence-electron chi connectivity index (χ4n) is 5.15. The number of aryl methyl sites for hydroxylation is 1. The van der Waals surface area contributed by atoms with Crippen molar-refractivity contribution in [3.05, 3.63) is 71.4 Å². The van der Waals surface area contributed by atoms with Crippen LogP contribution in [0.2, 0.25) is 0 Å². The quantitative estimate of drug-likeness (QED) is 0.317. The maximum absolute atomic E-state index is 13.6. The number of carbonyl (C=O) groups excluding carboxylic acids is 1. The number of ether oxygens (including phenoxy) is 1. The lowest BCUT2D eigenvalue weighted by atomic mass is 10.1. The largest absolute Gasteiger partial charge is 0.497 e. The van der Waals surface area contributed by atoms with Crippen LogP contribution in [0, 0.1) is 12.7 Å². The highest BCUT2D eigenvalue weighted by atomic mass is 19.1. The summed E-state index contributed by atoms with van der Waals surface area (Å²) in [4.78, 5) is 27.2. The van der Waals surface area contributed by atoms with Crippen LogP contribution in [-0.4, -0.2) is 63.8 Å². The Balaban J connectivity index is 1.42. The Hall–Kier alpha value is -4.01. The summed E-state index contributed by atoms with van der Waals surface area (Å²) in [5, 5.41) is 5.68. The molecule has 9 heteroatoms. The SMILES string of the molecule is CCC[C@@H](C)c1nc(N2CCN(C(=O)Cc3ccc(OC)cc3)CC2)c2c(C)nn(-c3ccc(F)cc3)c2n1. The molecule has 1 aliphatic heterocycles. The number of benzene rings is 2. The number of fused-ring (bicyclic) bond motifs is 1. The van der Waals surface area contributed by atoms with Crippen molar-refractivity contribution in [3.8, 4) is 11.4 Å². The second kappa shape index (κ2) is 11.4. The number of anilines is 1. The lowest BCUT2D eigenvalue weighted by Gasteiger charge is -2.36. The Kier molecular flexibility index (Phi) is 7.77. The van der Waals surface area contributed by atoms with Crippen LogP contribution in [0.1, 0.15) is 49.7 Å². The summed E-state index contributed by atoms with van der Waals surface area (Å²) in [6.07, 6.45) is 2.37. The second-order valence-corrected chi connectivity index (χ2v) is 10.2. The zero-order chi connectivity index (χ0) is 27.5. The first kappa shape index (κ1) is 26.6. The van der Waals surface area contributed by atoms with Gasteiger partial charge in [-0.1, -0.05) is 32.4 Å². The van der Waals surface area contributed by atoms with Crippen LogP contribution in [0.15, 0.2) is 48.5 Å². The summed E-state index contributed by atoms with van der Waals surface area (Å²) in [5.41, 5.74) is 3.26. The molecule has 1 saturated heterocycles. The van der Waals surface area contributed by atoms with Crippen LogP contribution >= 0.6 is 0 Å². The van der Waals surface area contributed by atoms with Gasteiger partial charge < -0.3 is 14.5 Å². The van der Waals surface area contributed by atoms with Crippen LogP contribution < -0.4 is 9.64 Å². The summed E-state index contributed by atoms with van der Waals surface area (Å²) in [5.74, 6) is 2.42. The number of hydrogen-bond donors (Lipinski definition) is 0. The molecule has 1 aliphatic rings. The molecule has 0 spiro atoms. The molecule has 39 heavy (non-hydrogen) atoms. The normalized spacial score (nSPS) is 14.6. The lowest BCUT2D eigenvalue weighted by Crippen LogP contribution is -2.49. The molecule has 0 radical (unpaired) electrons. The first-order valence-corrected chi connectivity index (χ1v) is 13.6. The minimum Gasteiger partial charge on any atom is -0.497 e. The van der Waals surface area contributed by atoms with E-state index in [2.05, 4.69) is 18.7 Å². The van der Waals surface area contributed by atoms with Gasteiger partial charge in [0.1, 0.15) is 23.2 Å². The van der Waals surface area contributed by atoms with Gasteiger partial charge in [0.05, 0.1) is 30.3 Å². The smallest absolute Gasteiger partial charge is 0.227 e. The van der Waals surface area contributed by atoms with Crippen LogP contribution in [0.4, 0.5) is 10.2 Å². The molecule has 2 aromatic heterocycles. The third-order valence-corrected chi connectivity index (χ3v) is 7.38. The summed E-state index contributed by atoms with van der Waals surface area (Å²) >= 11 is 0. The number of amides is 1. The third kappa shape index (κ3) is 5.57. The molecule has 5 rings (SSSR count). The van der Waals surface area contributed by atoms with Crippen molar-refractivity contribution in [2.75, 3.05) is 38.2 Å². The minimum absolute atomic E-state index is 0.116. The predicted octanol–water partition coefficient (Wildman–Crippen LogP) is 5.07. The fourth-order valence-corrected chi connectivity index (χ4v) is 5.15. The van der Waals surface area contributed by atoms with Gasteiger partial charge in [0.15, 0.2) is 5.65 Å². The Labute approximate surface area is 228 Å². The number of hydrogen-bond acceptors (Lipinski definition) is 6. The zero-order valence-electron chi connectivity index (χ0n) is 23.0. The summed E-state index contributed by atoms with van der Waals surface area (Å²) in [7, 11) is 1.63. The van der Waals surface area contributed by atoms with Gasteiger partial charge in [-0.2, -0.15) is 5.10 Å². The van der Waals surface area contributed by atoms with Crippen LogP contribution in [-0.2, 0) is 11.2 Å². The van der Waals surface area contributed by atoms with E-state index in [0.717, 1.165) is 58.2 Å². The molecular formula is C30H35FN6O2. The van der Waals surface area contributed by atoms with Crippen molar-refractivity contribution in [2.24, 2.45) is 0 Å². The zero-order valence-corrected chi connectivity index (χ0v) is 23.0. The first-order chi connectivity index (χ1) is 18.9. The molecule has 0 aliphatic carbocycles. The summed E-state index contributed by atoms with van der Waals surface area (Å²) in [6, 6.07) is 13.9. The van der Waals surface area contributed by atoms with Gasteiger partial charge in [0.25, 0.3) is 0 Å². The van der Waals surface area contributed by atoms with Gasteiger partial charge in [-0.25, -0.2) is 19.0 Å². The number of methoxy groups -OCH3 is 1. The van der Waals surface area contributed by atoms with Gasteiger partial charge in [0.2, 0.25) is 5.91 Å². The van der Waals surface area contributed by atoms with E-state index in [1.165, 1.54) is 12.1 Å². The average molecular weight is 531 g/mol. The lowest BCUT2D eigenvalue weighted by molar-refractivity contribution is -0.130. The number of carbonyl (C=O) groups is 1. The summed E-state index contributed by atoms with van der Waals surface area (Å²) in [6.45, 7) is 8.84. The summed E-state index contributed by atoms with van der Waals surface area (Å²) < 4.78 is 20.6. The Morgan fingerprint density at radius 3 is 2.36 bits per heavy atom. The van der Waals surface area contributed by atoms with E-state index in [1.54, 1.807) is 23.9 Å². The first-order valence-electron chi connectivity index (χ1n) is 13.6. The van der Waals surface area contributed by atoms with E-state index in [9.17, 15) is 9.18 Å². The molecule has 3 heterocycles. The topological polar surface area (TPSA) is 76.4 Å². The molecule has 2 aromatic carbocycles. The number of aromatic nitrogens is 4. The minimum atomic E-state index is -0.293. The average Bonchev–Trinajstić information content (AvgIpc) is 3.29.